The second-order valence-electron chi connectivity index (χ2n) is 4.92. The van der Waals surface area contributed by atoms with Crippen molar-refractivity contribution in [1.29, 1.82) is 0 Å². The number of hydrogen-bond donors (Lipinski definition) is 2. The van der Waals surface area contributed by atoms with Crippen LogP contribution in [0.4, 0.5) is 0 Å². The first kappa shape index (κ1) is 8.11. The molecule has 2 N–H and O–H groups in total. The molecule has 3 atom stereocenters. The number of allylic oxidation sites excluding steroid dienone is 1. The summed E-state index contributed by atoms with van der Waals surface area (Å²) in [7, 11) is 0. The third-order valence-corrected chi connectivity index (χ3v) is 3.90. The van der Waals surface area contributed by atoms with Crippen LogP contribution in [-0.4, -0.2) is 15.8 Å². The molecule has 12 heavy (non-hydrogen) atoms. The largest absolute Gasteiger partial charge is 0.510 e. The van der Waals surface area contributed by atoms with Crippen molar-refractivity contribution in [2.75, 3.05) is 0 Å². The Hall–Kier alpha value is -0.500. The summed E-state index contributed by atoms with van der Waals surface area (Å²) in [5.74, 6) is 0.853. The number of aliphatic hydroxyl groups is 2. The maximum atomic E-state index is 9.97. The molecule has 68 valence electrons. The van der Waals surface area contributed by atoms with Gasteiger partial charge in [-0.2, -0.15) is 0 Å². The van der Waals surface area contributed by atoms with Crippen LogP contribution in [0.1, 0.15) is 27.2 Å². The molecular formula is C10H16O2. The average Bonchev–Trinajstić information content (AvgIpc) is 1.93. The van der Waals surface area contributed by atoms with E-state index >= 15 is 0 Å². The molecule has 3 aliphatic carbocycles. The Balaban J connectivity index is 2.42. The van der Waals surface area contributed by atoms with E-state index in [1.54, 1.807) is 6.92 Å². The van der Waals surface area contributed by atoms with Crippen LogP contribution in [0.5, 0.6) is 0 Å². The Morgan fingerprint density at radius 2 is 2.00 bits per heavy atom. The van der Waals surface area contributed by atoms with Crippen LogP contribution in [0.25, 0.3) is 0 Å². The standard InChI is InChI=1S/C10H16O2/c1-9(2)6-4-7(9)10(3,12)8(11)5-6/h5-7,11-12H,4H2,1-3H3. The maximum Gasteiger partial charge on any atom is 0.121 e. The zero-order chi connectivity index (χ0) is 9.15. The third kappa shape index (κ3) is 0.692. The van der Waals surface area contributed by atoms with Gasteiger partial charge in [0.05, 0.1) is 0 Å². The summed E-state index contributed by atoms with van der Waals surface area (Å²) in [5.41, 5.74) is -0.825. The Bertz CT molecular complexity index is 251. The molecule has 1 fully saturated rings. The molecular weight excluding hydrogens is 152 g/mol. The number of rotatable bonds is 0. The van der Waals surface area contributed by atoms with Gasteiger partial charge in [0.2, 0.25) is 0 Å². The molecule has 0 saturated heterocycles. The van der Waals surface area contributed by atoms with E-state index in [4.69, 9.17) is 0 Å². The summed E-state index contributed by atoms with van der Waals surface area (Å²) < 4.78 is 0. The fraction of sp³-hybridized carbons (Fsp3) is 0.800. The van der Waals surface area contributed by atoms with E-state index in [9.17, 15) is 10.2 Å². The summed E-state index contributed by atoms with van der Waals surface area (Å²) in [6.07, 6.45) is 2.84. The van der Waals surface area contributed by atoms with Crippen molar-refractivity contribution in [3.8, 4) is 0 Å². The van der Waals surface area contributed by atoms with Crippen molar-refractivity contribution in [2.24, 2.45) is 17.3 Å². The number of hydrogen-bond acceptors (Lipinski definition) is 2. The van der Waals surface area contributed by atoms with Crippen molar-refractivity contribution >= 4 is 0 Å². The highest BCUT2D eigenvalue weighted by Crippen LogP contribution is 2.61. The van der Waals surface area contributed by atoms with Crippen LogP contribution in [0, 0.1) is 17.3 Å². The van der Waals surface area contributed by atoms with E-state index < -0.39 is 5.60 Å². The van der Waals surface area contributed by atoms with Gasteiger partial charge in [-0.1, -0.05) is 13.8 Å². The zero-order valence-electron chi connectivity index (χ0n) is 7.83. The molecule has 2 nitrogen and oxygen atoms in total. The zero-order valence-corrected chi connectivity index (χ0v) is 7.83. The van der Waals surface area contributed by atoms with Crippen LogP contribution in [-0.2, 0) is 0 Å². The van der Waals surface area contributed by atoms with Gasteiger partial charge >= 0.3 is 0 Å². The van der Waals surface area contributed by atoms with Gasteiger partial charge < -0.3 is 10.2 Å². The summed E-state index contributed by atoms with van der Waals surface area (Å²) >= 11 is 0. The first-order chi connectivity index (χ1) is 5.37. The lowest BCUT2D eigenvalue weighted by Gasteiger charge is -2.59. The van der Waals surface area contributed by atoms with Crippen LogP contribution in [0.3, 0.4) is 0 Å². The van der Waals surface area contributed by atoms with E-state index in [1.165, 1.54) is 0 Å². The number of aliphatic hydroxyl groups excluding tert-OH is 1. The molecule has 0 aromatic heterocycles. The molecule has 2 heteroatoms. The molecule has 0 amide bonds. The molecule has 3 rings (SSSR count). The molecule has 0 spiro atoms. The van der Waals surface area contributed by atoms with E-state index in [-0.39, 0.29) is 17.1 Å². The average molecular weight is 168 g/mol. The smallest absolute Gasteiger partial charge is 0.121 e. The molecule has 0 aromatic rings. The van der Waals surface area contributed by atoms with Gasteiger partial charge in [0.1, 0.15) is 11.4 Å². The van der Waals surface area contributed by atoms with Crippen molar-refractivity contribution in [3.05, 3.63) is 11.8 Å². The highest BCUT2D eigenvalue weighted by atomic mass is 16.3. The fourth-order valence-corrected chi connectivity index (χ4v) is 2.73. The summed E-state index contributed by atoms with van der Waals surface area (Å²) in [6.45, 7) is 6.02. The van der Waals surface area contributed by atoms with Gasteiger partial charge in [-0.15, -0.1) is 0 Å². The molecule has 2 bridgehead atoms. The van der Waals surface area contributed by atoms with Crippen molar-refractivity contribution in [2.45, 2.75) is 32.8 Å². The Morgan fingerprint density at radius 1 is 1.42 bits per heavy atom. The third-order valence-electron chi connectivity index (χ3n) is 3.90. The first-order valence-electron chi connectivity index (χ1n) is 4.50. The summed E-state index contributed by atoms with van der Waals surface area (Å²) in [5, 5.41) is 19.4. The molecule has 1 saturated carbocycles. The summed E-state index contributed by atoms with van der Waals surface area (Å²) in [4.78, 5) is 0. The van der Waals surface area contributed by atoms with E-state index in [2.05, 4.69) is 13.8 Å². The minimum Gasteiger partial charge on any atom is -0.510 e. The van der Waals surface area contributed by atoms with Gasteiger partial charge in [0, 0.05) is 5.92 Å². The monoisotopic (exact) mass is 168 g/mol. The topological polar surface area (TPSA) is 40.5 Å². The van der Waals surface area contributed by atoms with Crippen LogP contribution >= 0.6 is 0 Å². The molecule has 3 unspecified atom stereocenters. The van der Waals surface area contributed by atoms with Crippen LogP contribution < -0.4 is 0 Å². The minimum atomic E-state index is -0.988. The van der Waals surface area contributed by atoms with Crippen molar-refractivity contribution < 1.29 is 10.2 Å². The van der Waals surface area contributed by atoms with Crippen LogP contribution in [0.15, 0.2) is 11.8 Å². The van der Waals surface area contributed by atoms with E-state index in [0.29, 0.717) is 5.92 Å². The second-order valence-corrected chi connectivity index (χ2v) is 4.92. The van der Waals surface area contributed by atoms with E-state index in [1.807, 2.05) is 6.08 Å². The highest BCUT2D eigenvalue weighted by Gasteiger charge is 2.59. The molecule has 0 radical (unpaired) electrons. The second kappa shape index (κ2) is 1.87. The Kier molecular flexibility index (Phi) is 1.27. The SMILES string of the molecule is CC1(O)C(O)=CC2CC1C2(C)C. The van der Waals surface area contributed by atoms with Gasteiger partial charge in [-0.25, -0.2) is 0 Å². The number of fused-ring (bicyclic) bond motifs is 1. The van der Waals surface area contributed by atoms with Crippen molar-refractivity contribution in [3.63, 3.8) is 0 Å². The minimum absolute atomic E-state index is 0.162. The van der Waals surface area contributed by atoms with Crippen LogP contribution in [0.2, 0.25) is 0 Å². The lowest BCUT2D eigenvalue weighted by atomic mass is 9.46. The Labute approximate surface area is 72.9 Å². The van der Waals surface area contributed by atoms with E-state index in [0.717, 1.165) is 6.42 Å². The van der Waals surface area contributed by atoms with Gasteiger partial charge in [0.25, 0.3) is 0 Å². The maximum absolute atomic E-state index is 9.97. The predicted octanol–water partition coefficient (Wildman–Crippen LogP) is 1.86. The first-order valence-corrected chi connectivity index (χ1v) is 4.50. The normalized spacial score (nSPS) is 49.5. The highest BCUT2D eigenvalue weighted by molar-refractivity contribution is 5.26. The van der Waals surface area contributed by atoms with Gasteiger partial charge in [-0.05, 0) is 30.8 Å². The fourth-order valence-electron chi connectivity index (χ4n) is 2.73. The van der Waals surface area contributed by atoms with Gasteiger partial charge in [0.15, 0.2) is 0 Å². The predicted molar refractivity (Wildman–Crippen MR) is 46.7 cm³/mol. The van der Waals surface area contributed by atoms with Crippen molar-refractivity contribution in [1.82, 2.24) is 0 Å². The molecule has 0 aliphatic heterocycles. The Morgan fingerprint density at radius 3 is 2.33 bits per heavy atom. The molecule has 3 aliphatic rings. The lowest BCUT2D eigenvalue weighted by Crippen LogP contribution is -2.59. The quantitative estimate of drug-likeness (QED) is 0.579. The lowest BCUT2D eigenvalue weighted by molar-refractivity contribution is -0.147. The molecule has 0 heterocycles. The van der Waals surface area contributed by atoms with Gasteiger partial charge in [-0.3, -0.25) is 0 Å². The molecule has 0 aromatic carbocycles. The summed E-state index contributed by atoms with van der Waals surface area (Å²) in [6, 6.07) is 0.